The monoisotopic (exact) mass is 246 g/mol. The summed E-state index contributed by atoms with van der Waals surface area (Å²) in [6.45, 7) is 2.36. The molecule has 0 heterocycles. The molecule has 0 aliphatic heterocycles. The van der Waals surface area contributed by atoms with Crippen molar-refractivity contribution in [1.82, 2.24) is 15.8 Å². The van der Waals surface area contributed by atoms with E-state index in [1.54, 1.807) is 0 Å². The van der Waals surface area contributed by atoms with Crippen LogP contribution in [0.2, 0.25) is 0 Å². The maximum atomic E-state index is 10.9. The lowest BCUT2D eigenvalue weighted by Gasteiger charge is -2.16. The Hall–Kier alpha value is -0.690. The Balaban J connectivity index is 3.59. The third-order valence-corrected chi connectivity index (χ3v) is 2.43. The van der Waals surface area contributed by atoms with Crippen LogP contribution in [0.5, 0.6) is 0 Å². The molecule has 6 heteroatoms. The fourth-order valence-corrected chi connectivity index (χ4v) is 1.43. The highest BCUT2D eigenvalue weighted by Crippen LogP contribution is 1.99. The normalized spacial score (nSPS) is 12.9. The molecule has 0 spiro atoms. The summed E-state index contributed by atoms with van der Waals surface area (Å²) in [5, 5.41) is 8.98. The molecule has 0 bridgehead atoms. The van der Waals surface area contributed by atoms with Crippen molar-refractivity contribution in [2.75, 3.05) is 33.7 Å². The van der Waals surface area contributed by atoms with Gasteiger partial charge < -0.3 is 15.7 Å². The van der Waals surface area contributed by atoms with Crippen molar-refractivity contribution in [1.29, 1.82) is 0 Å². The van der Waals surface area contributed by atoms with E-state index in [1.807, 2.05) is 14.1 Å². The molecule has 6 nitrogen and oxygen atoms in total. The van der Waals surface area contributed by atoms with Crippen molar-refractivity contribution in [3.63, 3.8) is 0 Å². The second-order valence-corrected chi connectivity index (χ2v) is 4.40. The summed E-state index contributed by atoms with van der Waals surface area (Å²) in [6, 6.07) is -0.527. The molecular formula is C11H26N4O2. The molecule has 0 aliphatic carbocycles. The Morgan fingerprint density at radius 2 is 2.06 bits per heavy atom. The zero-order valence-corrected chi connectivity index (χ0v) is 10.9. The van der Waals surface area contributed by atoms with Gasteiger partial charge in [0.25, 0.3) is 0 Å². The lowest BCUT2D eigenvalue weighted by atomic mass is 10.1. The van der Waals surface area contributed by atoms with Crippen molar-refractivity contribution in [2.45, 2.75) is 31.7 Å². The van der Waals surface area contributed by atoms with Crippen LogP contribution in [0.1, 0.15) is 25.7 Å². The quantitative estimate of drug-likeness (QED) is 0.293. The lowest BCUT2D eigenvalue weighted by molar-refractivity contribution is -0.140. The number of unbranched alkanes of at least 4 members (excludes halogenated alkanes) is 1. The zero-order chi connectivity index (χ0) is 13.1. The van der Waals surface area contributed by atoms with Crippen molar-refractivity contribution in [3.05, 3.63) is 0 Å². The van der Waals surface area contributed by atoms with Gasteiger partial charge in [-0.15, -0.1) is 0 Å². The van der Waals surface area contributed by atoms with Gasteiger partial charge in [0, 0.05) is 6.54 Å². The highest BCUT2D eigenvalue weighted by Gasteiger charge is 2.15. The van der Waals surface area contributed by atoms with E-state index < -0.39 is 12.0 Å². The predicted octanol–water partition coefficient (Wildman–Crippen LogP) is -0.385. The van der Waals surface area contributed by atoms with Crippen molar-refractivity contribution in [2.24, 2.45) is 5.73 Å². The Bertz CT molecular complexity index is 200. The van der Waals surface area contributed by atoms with Gasteiger partial charge in [0.1, 0.15) is 6.04 Å². The molecule has 17 heavy (non-hydrogen) atoms. The maximum Gasteiger partial charge on any atom is 0.322 e. The topological polar surface area (TPSA) is 90.6 Å². The number of rotatable bonds is 11. The van der Waals surface area contributed by atoms with Gasteiger partial charge in [-0.1, -0.05) is 0 Å². The fraction of sp³-hybridized carbons (Fsp3) is 0.909. The van der Waals surface area contributed by atoms with Crippen molar-refractivity contribution in [3.8, 4) is 0 Å². The number of nitrogens with zero attached hydrogens (tertiary/aromatic N) is 1. The molecule has 0 aromatic rings. The number of hydrogen-bond donors (Lipinski definition) is 4. The van der Waals surface area contributed by atoms with Gasteiger partial charge in [0.05, 0.1) is 0 Å². The Morgan fingerprint density at radius 1 is 1.35 bits per heavy atom. The van der Waals surface area contributed by atoms with Crippen molar-refractivity contribution < 1.29 is 9.90 Å². The highest BCUT2D eigenvalue weighted by molar-refractivity contribution is 5.73. The standard InChI is InChI=1S/C11H26N4O2/c1-15(2)9-5-8-13-14-10(11(16)17)6-3-4-7-12/h10,13-14H,3-9,12H2,1-2H3,(H,16,17)/t10-/m0/s1. The molecule has 0 unspecified atom stereocenters. The minimum Gasteiger partial charge on any atom is -0.480 e. The first-order valence-electron chi connectivity index (χ1n) is 6.14. The van der Waals surface area contributed by atoms with E-state index >= 15 is 0 Å². The van der Waals surface area contributed by atoms with Crippen LogP contribution < -0.4 is 16.6 Å². The van der Waals surface area contributed by atoms with Crippen LogP contribution in [0.25, 0.3) is 0 Å². The first-order chi connectivity index (χ1) is 8.07. The van der Waals surface area contributed by atoms with Gasteiger partial charge in [0.2, 0.25) is 0 Å². The average Bonchev–Trinajstić information content (AvgIpc) is 2.25. The number of nitrogens with one attached hydrogen (secondary N) is 2. The summed E-state index contributed by atoms with van der Waals surface area (Å²) < 4.78 is 0. The van der Waals surface area contributed by atoms with Gasteiger partial charge >= 0.3 is 5.97 Å². The van der Waals surface area contributed by atoms with E-state index in [4.69, 9.17) is 10.8 Å². The van der Waals surface area contributed by atoms with E-state index in [9.17, 15) is 4.79 Å². The molecule has 102 valence electrons. The van der Waals surface area contributed by atoms with E-state index in [-0.39, 0.29) is 0 Å². The van der Waals surface area contributed by atoms with Gasteiger partial charge in [-0.25, -0.2) is 5.43 Å². The Labute approximate surface area is 104 Å². The summed E-state index contributed by atoms with van der Waals surface area (Å²) >= 11 is 0. The number of hydrazine groups is 1. The number of carbonyl (C=O) groups is 1. The Morgan fingerprint density at radius 3 is 2.59 bits per heavy atom. The third-order valence-electron chi connectivity index (χ3n) is 2.43. The molecule has 0 fully saturated rings. The molecule has 5 N–H and O–H groups in total. The molecule has 0 rings (SSSR count). The largest absolute Gasteiger partial charge is 0.480 e. The second kappa shape index (κ2) is 10.5. The van der Waals surface area contributed by atoms with Gasteiger partial charge in [0.15, 0.2) is 0 Å². The summed E-state index contributed by atoms with van der Waals surface area (Å²) in [5.41, 5.74) is 11.2. The van der Waals surface area contributed by atoms with Crippen LogP contribution in [0.15, 0.2) is 0 Å². The first kappa shape index (κ1) is 16.3. The predicted molar refractivity (Wildman–Crippen MR) is 68.6 cm³/mol. The summed E-state index contributed by atoms with van der Waals surface area (Å²) in [6.07, 6.45) is 3.29. The minimum absolute atomic E-state index is 0.527. The van der Waals surface area contributed by atoms with Gasteiger partial charge in [-0.2, -0.15) is 0 Å². The molecule has 0 aliphatic rings. The summed E-state index contributed by atoms with van der Waals surface area (Å²) in [7, 11) is 4.03. The van der Waals surface area contributed by atoms with E-state index in [1.165, 1.54) is 0 Å². The van der Waals surface area contributed by atoms with Crippen LogP contribution >= 0.6 is 0 Å². The number of carboxylic acids is 1. The maximum absolute atomic E-state index is 10.9. The SMILES string of the molecule is CN(C)CCCNN[C@@H](CCCCN)C(=O)O. The molecular weight excluding hydrogens is 220 g/mol. The molecule has 0 amide bonds. The number of carboxylic acid groups (broad SMARTS) is 1. The third kappa shape index (κ3) is 10.2. The van der Waals surface area contributed by atoms with E-state index in [0.717, 1.165) is 32.4 Å². The molecule has 0 aromatic carbocycles. The van der Waals surface area contributed by atoms with E-state index in [0.29, 0.717) is 13.0 Å². The molecule has 0 saturated carbocycles. The van der Waals surface area contributed by atoms with Crippen LogP contribution in [0.3, 0.4) is 0 Å². The first-order valence-corrected chi connectivity index (χ1v) is 6.14. The van der Waals surface area contributed by atoms with Crippen LogP contribution in [0.4, 0.5) is 0 Å². The number of aliphatic carboxylic acids is 1. The molecule has 1 atom stereocenters. The van der Waals surface area contributed by atoms with Crippen LogP contribution in [0, 0.1) is 0 Å². The fourth-order valence-electron chi connectivity index (χ4n) is 1.43. The average molecular weight is 246 g/mol. The van der Waals surface area contributed by atoms with Crippen LogP contribution in [-0.2, 0) is 4.79 Å². The molecule has 0 aromatic heterocycles. The lowest BCUT2D eigenvalue weighted by Crippen LogP contribution is -2.46. The molecule has 0 radical (unpaired) electrons. The zero-order valence-electron chi connectivity index (χ0n) is 10.9. The summed E-state index contributed by atoms with van der Waals surface area (Å²) in [4.78, 5) is 13.0. The minimum atomic E-state index is -0.817. The Kier molecular flexibility index (Phi) is 10.0. The highest BCUT2D eigenvalue weighted by atomic mass is 16.4. The summed E-state index contributed by atoms with van der Waals surface area (Å²) in [5.74, 6) is -0.817. The van der Waals surface area contributed by atoms with Gasteiger partial charge in [-0.05, 0) is 52.9 Å². The van der Waals surface area contributed by atoms with E-state index in [2.05, 4.69) is 15.8 Å². The molecule has 0 saturated heterocycles. The number of hydrogen-bond acceptors (Lipinski definition) is 5. The smallest absolute Gasteiger partial charge is 0.322 e. The van der Waals surface area contributed by atoms with Crippen molar-refractivity contribution >= 4 is 5.97 Å². The number of nitrogens with two attached hydrogens (primary N) is 1. The second-order valence-electron chi connectivity index (χ2n) is 4.40. The van der Waals surface area contributed by atoms with Gasteiger partial charge in [-0.3, -0.25) is 10.2 Å². The van der Waals surface area contributed by atoms with Crippen LogP contribution in [-0.4, -0.2) is 55.7 Å².